The summed E-state index contributed by atoms with van der Waals surface area (Å²) in [4.78, 5) is 24.8. The maximum atomic E-state index is 12.6. The Morgan fingerprint density at radius 2 is 1.93 bits per heavy atom. The number of fused-ring (bicyclic) bond motifs is 1. The van der Waals surface area contributed by atoms with Crippen LogP contribution in [-0.4, -0.2) is 40.0 Å². The molecule has 2 N–H and O–H groups in total. The van der Waals surface area contributed by atoms with E-state index in [0.29, 0.717) is 25.1 Å². The van der Waals surface area contributed by atoms with Crippen molar-refractivity contribution in [1.29, 1.82) is 5.41 Å². The Kier molecular flexibility index (Phi) is 5.07. The Morgan fingerprint density at radius 1 is 1.25 bits per heavy atom. The number of aryl methyl sites for hydroxylation is 4. The van der Waals surface area contributed by atoms with Gasteiger partial charge in [0.25, 0.3) is 10.1 Å². The second-order valence-electron chi connectivity index (χ2n) is 7.03. The number of hydrogen-bond donors (Lipinski definition) is 2. The lowest BCUT2D eigenvalue weighted by atomic mass is 9.84. The lowest BCUT2D eigenvalue weighted by molar-refractivity contribution is 0.0916. The van der Waals surface area contributed by atoms with Gasteiger partial charge < -0.3 is 5.41 Å². The number of Topliss-reactive ketones (excluding diaryl/α,β-unsaturated/α-hetero) is 2. The topological polar surface area (TPSA) is 130 Å². The number of rotatable bonds is 5. The summed E-state index contributed by atoms with van der Waals surface area (Å²) >= 11 is 0. The van der Waals surface area contributed by atoms with Crippen LogP contribution in [0, 0.1) is 25.2 Å². The van der Waals surface area contributed by atoms with Gasteiger partial charge >= 0.3 is 0 Å². The number of nitrogens with zero attached hydrogens (tertiary/aromatic N) is 2. The minimum atomic E-state index is -4.27. The number of ketones is 2. The van der Waals surface area contributed by atoms with Crippen molar-refractivity contribution in [2.75, 3.05) is 0 Å². The van der Waals surface area contributed by atoms with Crippen molar-refractivity contribution in [3.05, 3.63) is 46.3 Å². The molecule has 1 aromatic carbocycles. The molecule has 3 rings (SSSR count). The van der Waals surface area contributed by atoms with Crippen LogP contribution in [0.1, 0.15) is 51.0 Å². The van der Waals surface area contributed by atoms with Gasteiger partial charge in [-0.1, -0.05) is 6.07 Å². The van der Waals surface area contributed by atoms with Crippen LogP contribution in [-0.2, 0) is 23.1 Å². The van der Waals surface area contributed by atoms with E-state index in [9.17, 15) is 22.6 Å². The minimum Gasteiger partial charge on any atom is -0.300 e. The molecule has 8 nitrogen and oxygen atoms in total. The molecule has 148 valence electrons. The molecule has 0 fully saturated rings. The zero-order valence-electron chi connectivity index (χ0n) is 15.8. The van der Waals surface area contributed by atoms with Crippen LogP contribution in [0.3, 0.4) is 0 Å². The molecule has 1 atom stereocenters. The van der Waals surface area contributed by atoms with E-state index >= 15 is 0 Å². The average Bonchev–Trinajstić information content (AvgIpc) is 2.95. The number of carbonyl (C=O) groups excluding carboxylic acids is 2. The second kappa shape index (κ2) is 7.06. The molecule has 0 saturated carbocycles. The van der Waals surface area contributed by atoms with Gasteiger partial charge in [0.2, 0.25) is 5.78 Å². The van der Waals surface area contributed by atoms with E-state index in [0.717, 1.165) is 11.1 Å². The third-order valence-electron chi connectivity index (χ3n) is 5.09. The van der Waals surface area contributed by atoms with Gasteiger partial charge in [0.05, 0.1) is 27.8 Å². The molecular weight excluding hydrogens is 382 g/mol. The SMILES string of the molecule is Cc1ccc(S(=O)(=O)O)cc1CCCn1nc(C)c2c1C(=O)C(C)C(=N)C2=O. The quantitative estimate of drug-likeness (QED) is 0.737. The van der Waals surface area contributed by atoms with Gasteiger partial charge in [-0.3, -0.25) is 18.8 Å². The molecule has 1 aliphatic carbocycles. The summed E-state index contributed by atoms with van der Waals surface area (Å²) < 4.78 is 33.4. The summed E-state index contributed by atoms with van der Waals surface area (Å²) in [7, 11) is -4.27. The van der Waals surface area contributed by atoms with Crippen LogP contribution in [0.15, 0.2) is 23.1 Å². The molecule has 2 aromatic rings. The van der Waals surface area contributed by atoms with Crippen LogP contribution >= 0.6 is 0 Å². The fraction of sp³-hybridized carbons (Fsp3) is 0.368. The van der Waals surface area contributed by atoms with Crippen molar-refractivity contribution in [2.24, 2.45) is 5.92 Å². The molecule has 0 bridgehead atoms. The van der Waals surface area contributed by atoms with Crippen molar-refractivity contribution < 1.29 is 22.6 Å². The summed E-state index contributed by atoms with van der Waals surface area (Å²) in [5.74, 6) is -1.53. The lowest BCUT2D eigenvalue weighted by Crippen LogP contribution is -2.36. The summed E-state index contributed by atoms with van der Waals surface area (Å²) in [5.41, 5.74) is 2.32. The third-order valence-corrected chi connectivity index (χ3v) is 5.94. The van der Waals surface area contributed by atoms with E-state index in [1.807, 2.05) is 6.92 Å². The number of hydrogen-bond acceptors (Lipinski definition) is 6. The fourth-order valence-electron chi connectivity index (χ4n) is 3.43. The molecule has 1 heterocycles. The molecule has 9 heteroatoms. The highest BCUT2D eigenvalue weighted by Crippen LogP contribution is 2.26. The molecule has 0 aliphatic heterocycles. The molecule has 1 aliphatic rings. The number of aromatic nitrogens is 2. The highest BCUT2D eigenvalue weighted by Gasteiger charge is 2.39. The van der Waals surface area contributed by atoms with Crippen molar-refractivity contribution in [1.82, 2.24) is 9.78 Å². The van der Waals surface area contributed by atoms with E-state index in [2.05, 4.69) is 5.10 Å². The van der Waals surface area contributed by atoms with Crippen molar-refractivity contribution in [2.45, 2.75) is 45.1 Å². The third kappa shape index (κ3) is 3.43. The predicted octanol–water partition coefficient (Wildman–Crippen LogP) is 2.41. The van der Waals surface area contributed by atoms with Gasteiger partial charge in [0.1, 0.15) is 5.69 Å². The summed E-state index contributed by atoms with van der Waals surface area (Å²) in [6.45, 7) is 5.40. The first-order valence-corrected chi connectivity index (χ1v) is 10.3. The molecule has 28 heavy (non-hydrogen) atoms. The molecule has 1 aromatic heterocycles. The minimum absolute atomic E-state index is 0.159. The predicted molar refractivity (Wildman–Crippen MR) is 102 cm³/mol. The first-order chi connectivity index (χ1) is 13.0. The number of nitrogens with one attached hydrogen (secondary N) is 1. The molecule has 0 radical (unpaired) electrons. The van der Waals surface area contributed by atoms with E-state index in [4.69, 9.17) is 5.41 Å². The van der Waals surface area contributed by atoms with Crippen molar-refractivity contribution in [3.63, 3.8) is 0 Å². The fourth-order valence-corrected chi connectivity index (χ4v) is 3.96. The number of benzene rings is 1. The van der Waals surface area contributed by atoms with E-state index in [-0.39, 0.29) is 27.6 Å². The van der Waals surface area contributed by atoms with Crippen LogP contribution in [0.2, 0.25) is 0 Å². The van der Waals surface area contributed by atoms with Gasteiger partial charge in [-0.15, -0.1) is 0 Å². The van der Waals surface area contributed by atoms with E-state index < -0.39 is 21.8 Å². The summed E-state index contributed by atoms with van der Waals surface area (Å²) in [6, 6.07) is 4.42. The summed E-state index contributed by atoms with van der Waals surface area (Å²) in [5, 5.41) is 12.2. The Morgan fingerprint density at radius 3 is 2.57 bits per heavy atom. The zero-order chi connectivity index (χ0) is 20.8. The zero-order valence-corrected chi connectivity index (χ0v) is 16.6. The Bertz CT molecular complexity index is 1110. The first kappa shape index (κ1) is 20.1. The van der Waals surface area contributed by atoms with Crippen LogP contribution < -0.4 is 0 Å². The van der Waals surface area contributed by atoms with Crippen molar-refractivity contribution >= 4 is 27.4 Å². The standard InChI is InChI=1S/C19H21N3O5S/c1-10-6-7-14(28(25,26)27)9-13(10)5-4-8-22-17-15(12(3)21-22)19(24)16(20)11(2)18(17)23/h6-7,9,11,20H,4-5,8H2,1-3H3,(H,25,26,27). The Hall–Kier alpha value is -2.65. The molecule has 0 amide bonds. The normalized spacial score (nSPS) is 17.1. The average molecular weight is 403 g/mol. The van der Waals surface area contributed by atoms with Crippen molar-refractivity contribution in [3.8, 4) is 0 Å². The molecule has 1 unspecified atom stereocenters. The highest BCUT2D eigenvalue weighted by molar-refractivity contribution is 7.85. The molecular formula is C19H21N3O5S. The first-order valence-electron chi connectivity index (χ1n) is 8.84. The lowest BCUT2D eigenvalue weighted by Gasteiger charge is -2.19. The maximum absolute atomic E-state index is 12.6. The Balaban J connectivity index is 1.84. The van der Waals surface area contributed by atoms with E-state index in [1.54, 1.807) is 19.9 Å². The number of carbonyl (C=O) groups is 2. The van der Waals surface area contributed by atoms with E-state index in [1.165, 1.54) is 16.8 Å². The monoisotopic (exact) mass is 403 g/mol. The largest absolute Gasteiger partial charge is 0.300 e. The molecule has 0 saturated heterocycles. The highest BCUT2D eigenvalue weighted by atomic mass is 32.2. The maximum Gasteiger partial charge on any atom is 0.294 e. The Labute approximate surface area is 162 Å². The van der Waals surface area contributed by atoms with Gasteiger partial charge in [-0.05, 0) is 56.9 Å². The second-order valence-corrected chi connectivity index (χ2v) is 8.45. The van der Waals surface area contributed by atoms with Crippen LogP contribution in [0.4, 0.5) is 0 Å². The van der Waals surface area contributed by atoms with Crippen LogP contribution in [0.25, 0.3) is 0 Å². The van der Waals surface area contributed by atoms with Gasteiger partial charge in [0, 0.05) is 6.54 Å². The van der Waals surface area contributed by atoms with Gasteiger partial charge in [0.15, 0.2) is 5.78 Å². The summed E-state index contributed by atoms with van der Waals surface area (Å²) in [6.07, 6.45) is 1.06. The van der Waals surface area contributed by atoms with Gasteiger partial charge in [-0.25, -0.2) is 0 Å². The van der Waals surface area contributed by atoms with Gasteiger partial charge in [-0.2, -0.15) is 13.5 Å². The molecule has 0 spiro atoms. The van der Waals surface area contributed by atoms with Crippen LogP contribution in [0.5, 0.6) is 0 Å². The smallest absolute Gasteiger partial charge is 0.294 e.